The van der Waals surface area contributed by atoms with Gasteiger partial charge in [0, 0.05) is 16.8 Å². The van der Waals surface area contributed by atoms with E-state index in [2.05, 4.69) is 54.7 Å². The van der Waals surface area contributed by atoms with E-state index in [0.717, 1.165) is 16.2 Å². The van der Waals surface area contributed by atoms with Gasteiger partial charge in [-0.15, -0.1) is 0 Å². The van der Waals surface area contributed by atoms with Crippen LogP contribution in [0.4, 0.5) is 5.69 Å². The third-order valence-corrected chi connectivity index (χ3v) is 3.42. The Labute approximate surface area is 112 Å². The summed E-state index contributed by atoms with van der Waals surface area (Å²) in [4.78, 5) is 0.803. The molecule has 0 spiro atoms. The third kappa shape index (κ3) is 1.95. The lowest BCUT2D eigenvalue weighted by atomic mass is 10.0. The zero-order chi connectivity index (χ0) is 12.5. The van der Waals surface area contributed by atoms with Gasteiger partial charge in [-0.1, -0.05) is 60.2 Å². The first-order valence-electron chi connectivity index (χ1n) is 5.93. The molecule has 0 bridgehead atoms. The van der Waals surface area contributed by atoms with E-state index in [1.165, 1.54) is 16.7 Å². The molecule has 1 heterocycles. The standard InChI is InChI=1S/C16H13NS/c1-11-6-8-12(9-7-11)10-14-13-4-2-3-5-15(13)17-16(14)18/h2-10H,1H3,(H,17,18)/b14-10+. The van der Waals surface area contributed by atoms with Crippen LogP contribution in [0, 0.1) is 6.92 Å². The van der Waals surface area contributed by atoms with Gasteiger partial charge in [-0.05, 0) is 24.6 Å². The Morgan fingerprint density at radius 2 is 1.72 bits per heavy atom. The number of nitrogens with one attached hydrogen (secondary N) is 1. The zero-order valence-corrected chi connectivity index (χ0v) is 10.9. The molecule has 0 unspecified atom stereocenters. The van der Waals surface area contributed by atoms with Gasteiger partial charge in [0.2, 0.25) is 0 Å². The summed E-state index contributed by atoms with van der Waals surface area (Å²) in [5.41, 5.74) is 5.83. The smallest absolute Gasteiger partial charge is 0.111 e. The van der Waals surface area contributed by atoms with Gasteiger partial charge < -0.3 is 5.32 Å². The topological polar surface area (TPSA) is 12.0 Å². The lowest BCUT2D eigenvalue weighted by Crippen LogP contribution is -2.00. The Morgan fingerprint density at radius 3 is 2.50 bits per heavy atom. The second kappa shape index (κ2) is 4.39. The molecular formula is C16H13NS. The van der Waals surface area contributed by atoms with Crippen LogP contribution < -0.4 is 5.32 Å². The first-order valence-corrected chi connectivity index (χ1v) is 6.34. The molecule has 1 aliphatic heterocycles. The Morgan fingerprint density at radius 1 is 1.00 bits per heavy atom. The molecular weight excluding hydrogens is 238 g/mol. The zero-order valence-electron chi connectivity index (χ0n) is 10.1. The summed E-state index contributed by atoms with van der Waals surface area (Å²) >= 11 is 5.39. The largest absolute Gasteiger partial charge is 0.346 e. The first kappa shape index (κ1) is 11.2. The van der Waals surface area contributed by atoms with E-state index >= 15 is 0 Å². The number of rotatable bonds is 1. The molecule has 0 saturated heterocycles. The molecule has 0 saturated carbocycles. The van der Waals surface area contributed by atoms with Gasteiger partial charge in [0.1, 0.15) is 4.99 Å². The van der Waals surface area contributed by atoms with Gasteiger partial charge in [-0.2, -0.15) is 0 Å². The predicted octanol–water partition coefficient (Wildman–Crippen LogP) is 4.29. The van der Waals surface area contributed by atoms with Crippen molar-refractivity contribution >= 4 is 34.5 Å². The van der Waals surface area contributed by atoms with E-state index in [9.17, 15) is 0 Å². The molecule has 0 aliphatic carbocycles. The molecule has 0 radical (unpaired) electrons. The van der Waals surface area contributed by atoms with Crippen molar-refractivity contribution in [3.63, 3.8) is 0 Å². The molecule has 2 aromatic rings. The number of fused-ring (bicyclic) bond motifs is 1. The summed E-state index contributed by atoms with van der Waals surface area (Å²) in [5.74, 6) is 0. The van der Waals surface area contributed by atoms with E-state index < -0.39 is 0 Å². The van der Waals surface area contributed by atoms with Crippen LogP contribution in [0.3, 0.4) is 0 Å². The maximum Gasteiger partial charge on any atom is 0.111 e. The van der Waals surface area contributed by atoms with Crippen molar-refractivity contribution in [2.24, 2.45) is 0 Å². The van der Waals surface area contributed by atoms with Crippen LogP contribution in [0.5, 0.6) is 0 Å². The summed E-state index contributed by atoms with van der Waals surface area (Å²) < 4.78 is 0. The van der Waals surface area contributed by atoms with Crippen molar-refractivity contribution in [3.05, 3.63) is 65.2 Å². The molecule has 88 valence electrons. The highest BCUT2D eigenvalue weighted by atomic mass is 32.1. The van der Waals surface area contributed by atoms with E-state index in [1.807, 2.05) is 12.1 Å². The van der Waals surface area contributed by atoms with Crippen molar-refractivity contribution in [2.75, 3.05) is 5.32 Å². The second-order valence-electron chi connectivity index (χ2n) is 4.47. The Balaban J connectivity index is 2.07. The van der Waals surface area contributed by atoms with Crippen LogP contribution in [0.1, 0.15) is 16.7 Å². The quantitative estimate of drug-likeness (QED) is 0.599. The van der Waals surface area contributed by atoms with Crippen LogP contribution in [-0.4, -0.2) is 4.99 Å². The SMILES string of the molecule is Cc1ccc(/C=C2/C(=S)Nc3ccccc32)cc1. The van der Waals surface area contributed by atoms with E-state index in [-0.39, 0.29) is 0 Å². The number of benzene rings is 2. The number of para-hydroxylation sites is 1. The molecule has 2 heteroatoms. The average Bonchev–Trinajstić information content (AvgIpc) is 2.69. The van der Waals surface area contributed by atoms with Crippen LogP contribution >= 0.6 is 12.2 Å². The van der Waals surface area contributed by atoms with Gasteiger partial charge in [-0.3, -0.25) is 0 Å². The molecule has 0 aromatic heterocycles. The van der Waals surface area contributed by atoms with E-state index in [0.29, 0.717) is 0 Å². The van der Waals surface area contributed by atoms with Crippen molar-refractivity contribution < 1.29 is 0 Å². The van der Waals surface area contributed by atoms with Crippen LogP contribution in [-0.2, 0) is 0 Å². The van der Waals surface area contributed by atoms with Crippen LogP contribution in [0.15, 0.2) is 48.5 Å². The second-order valence-corrected chi connectivity index (χ2v) is 4.88. The molecule has 2 aromatic carbocycles. The lowest BCUT2D eigenvalue weighted by Gasteiger charge is -2.00. The summed E-state index contributed by atoms with van der Waals surface area (Å²) in [5, 5.41) is 3.24. The predicted molar refractivity (Wildman–Crippen MR) is 81.7 cm³/mol. The van der Waals surface area contributed by atoms with Gasteiger partial charge in [0.25, 0.3) is 0 Å². The number of hydrogen-bond acceptors (Lipinski definition) is 1. The van der Waals surface area contributed by atoms with Crippen molar-refractivity contribution in [2.45, 2.75) is 6.92 Å². The van der Waals surface area contributed by atoms with Gasteiger partial charge >= 0.3 is 0 Å². The third-order valence-electron chi connectivity index (χ3n) is 3.10. The maximum atomic E-state index is 5.39. The number of aryl methyl sites for hydroxylation is 1. The molecule has 1 N–H and O–H groups in total. The fourth-order valence-corrected chi connectivity index (χ4v) is 2.39. The molecule has 1 nitrogen and oxygen atoms in total. The van der Waals surface area contributed by atoms with Crippen molar-refractivity contribution in [3.8, 4) is 0 Å². The first-order chi connectivity index (χ1) is 8.74. The van der Waals surface area contributed by atoms with Crippen LogP contribution in [0.2, 0.25) is 0 Å². The normalized spacial score (nSPS) is 15.6. The highest BCUT2D eigenvalue weighted by Crippen LogP contribution is 2.33. The minimum atomic E-state index is 0.803. The number of thiocarbonyl (C=S) groups is 1. The molecule has 0 fully saturated rings. The van der Waals surface area contributed by atoms with Gasteiger partial charge in [0.15, 0.2) is 0 Å². The monoisotopic (exact) mass is 251 g/mol. The lowest BCUT2D eigenvalue weighted by molar-refractivity contribution is 1.46. The molecule has 3 rings (SSSR count). The summed E-state index contributed by atoms with van der Waals surface area (Å²) in [6.07, 6.45) is 2.14. The summed E-state index contributed by atoms with van der Waals surface area (Å²) in [7, 11) is 0. The molecule has 0 atom stereocenters. The fourth-order valence-electron chi connectivity index (χ4n) is 2.11. The molecule has 1 aliphatic rings. The van der Waals surface area contributed by atoms with Gasteiger partial charge in [0.05, 0.1) is 0 Å². The minimum Gasteiger partial charge on any atom is -0.346 e. The number of hydrogen-bond donors (Lipinski definition) is 1. The number of anilines is 1. The highest BCUT2D eigenvalue weighted by Gasteiger charge is 2.19. The fraction of sp³-hybridized carbons (Fsp3) is 0.0625. The minimum absolute atomic E-state index is 0.803. The van der Waals surface area contributed by atoms with E-state index in [4.69, 9.17) is 12.2 Å². The highest BCUT2D eigenvalue weighted by molar-refractivity contribution is 7.81. The average molecular weight is 251 g/mol. The van der Waals surface area contributed by atoms with Crippen LogP contribution in [0.25, 0.3) is 11.6 Å². The summed E-state index contributed by atoms with van der Waals surface area (Å²) in [6, 6.07) is 16.7. The Bertz CT molecular complexity index is 638. The summed E-state index contributed by atoms with van der Waals surface area (Å²) in [6.45, 7) is 2.09. The molecule has 18 heavy (non-hydrogen) atoms. The molecule has 0 amide bonds. The maximum absolute atomic E-state index is 5.39. The van der Waals surface area contributed by atoms with Gasteiger partial charge in [-0.25, -0.2) is 0 Å². The van der Waals surface area contributed by atoms with E-state index in [1.54, 1.807) is 0 Å². The Hall–Kier alpha value is -1.93. The Kier molecular flexibility index (Phi) is 2.73. The van der Waals surface area contributed by atoms with Crippen molar-refractivity contribution in [1.82, 2.24) is 0 Å². The van der Waals surface area contributed by atoms with Crippen molar-refractivity contribution in [1.29, 1.82) is 0 Å².